The maximum atomic E-state index is 16.6. The molecule has 0 saturated carbocycles. The highest BCUT2D eigenvalue weighted by atomic mass is 35.5. The molecule has 1 N–H and O–H groups in total. The van der Waals surface area contributed by atoms with Gasteiger partial charge in [-0.3, -0.25) is 4.90 Å². The first kappa shape index (κ1) is 25.6. The third-order valence-corrected chi connectivity index (χ3v) is 9.97. The van der Waals surface area contributed by atoms with Crippen molar-refractivity contribution >= 4 is 39.1 Å². The van der Waals surface area contributed by atoms with E-state index in [0.717, 1.165) is 61.7 Å². The summed E-state index contributed by atoms with van der Waals surface area (Å²) in [6.07, 6.45) is 3.75. The van der Waals surface area contributed by atoms with E-state index in [2.05, 4.69) is 20.1 Å². The fourth-order valence-corrected chi connectivity index (χ4v) is 8.06. The van der Waals surface area contributed by atoms with Crippen LogP contribution >= 0.6 is 11.6 Å². The number of piperazine rings is 1. The van der Waals surface area contributed by atoms with Crippen LogP contribution in [0.1, 0.15) is 32.1 Å². The number of fused-ring (bicyclic) bond motifs is 5. The number of hydrogen-bond donors (Lipinski definition) is 1. The van der Waals surface area contributed by atoms with Crippen LogP contribution in [0.5, 0.6) is 6.01 Å². The van der Waals surface area contributed by atoms with E-state index in [0.29, 0.717) is 53.4 Å². The van der Waals surface area contributed by atoms with Crippen LogP contribution in [0.4, 0.5) is 14.6 Å². The Hall–Kier alpha value is -3.07. The van der Waals surface area contributed by atoms with Crippen molar-refractivity contribution in [3.05, 3.63) is 59.4 Å². The monoisotopic (exact) mass is 575 g/mol. The van der Waals surface area contributed by atoms with Crippen molar-refractivity contribution in [3.63, 3.8) is 0 Å². The maximum absolute atomic E-state index is 16.6. The van der Waals surface area contributed by atoms with Gasteiger partial charge in [-0.05, 0) is 55.3 Å². The highest BCUT2D eigenvalue weighted by Crippen LogP contribution is 2.42. The molecule has 2 bridgehead atoms. The van der Waals surface area contributed by atoms with Crippen molar-refractivity contribution in [2.24, 2.45) is 0 Å². The number of nitrogens with zero attached hydrogens (tertiary/aromatic N) is 4. The molecule has 4 aliphatic rings. The second-order valence-electron chi connectivity index (χ2n) is 12.2. The van der Waals surface area contributed by atoms with Crippen molar-refractivity contribution in [2.45, 2.75) is 55.9 Å². The van der Waals surface area contributed by atoms with E-state index >= 15 is 4.39 Å². The molecule has 6 nitrogen and oxygen atoms in total. The van der Waals surface area contributed by atoms with Gasteiger partial charge < -0.3 is 15.0 Å². The number of hydrogen-bond acceptors (Lipinski definition) is 6. The molecule has 0 spiro atoms. The number of ether oxygens (including phenoxy) is 1. The fourth-order valence-electron chi connectivity index (χ4n) is 7.78. The summed E-state index contributed by atoms with van der Waals surface area (Å²) in [7, 11) is 0. The summed E-state index contributed by atoms with van der Waals surface area (Å²) in [6.45, 7) is 3.22. The zero-order chi connectivity index (χ0) is 27.7. The van der Waals surface area contributed by atoms with Crippen molar-refractivity contribution < 1.29 is 13.5 Å². The van der Waals surface area contributed by atoms with E-state index in [1.807, 2.05) is 48.5 Å². The summed E-state index contributed by atoms with van der Waals surface area (Å²) in [5, 5.41) is 6.65. The Morgan fingerprint density at radius 3 is 2.63 bits per heavy atom. The number of anilines is 1. The summed E-state index contributed by atoms with van der Waals surface area (Å²) in [5.41, 5.74) is 1.04. The summed E-state index contributed by atoms with van der Waals surface area (Å²) in [6, 6.07) is 16.2. The van der Waals surface area contributed by atoms with Crippen LogP contribution in [0.15, 0.2) is 48.5 Å². The number of alkyl halides is 1. The van der Waals surface area contributed by atoms with Crippen LogP contribution in [-0.4, -0.2) is 71.4 Å². The van der Waals surface area contributed by atoms with Crippen molar-refractivity contribution in [1.29, 1.82) is 0 Å². The number of halogens is 3. The van der Waals surface area contributed by atoms with E-state index < -0.39 is 12.0 Å². The molecule has 212 valence electrons. The quantitative estimate of drug-likeness (QED) is 0.309. The van der Waals surface area contributed by atoms with Crippen LogP contribution in [0.3, 0.4) is 0 Å². The van der Waals surface area contributed by atoms with Crippen LogP contribution in [-0.2, 0) is 0 Å². The summed E-state index contributed by atoms with van der Waals surface area (Å²) >= 11 is 6.61. The lowest BCUT2D eigenvalue weighted by atomic mass is 9.95. The van der Waals surface area contributed by atoms with Crippen LogP contribution in [0.25, 0.3) is 32.8 Å². The van der Waals surface area contributed by atoms with E-state index in [1.165, 1.54) is 0 Å². The minimum atomic E-state index is -0.851. The normalized spacial score (nSPS) is 27.7. The van der Waals surface area contributed by atoms with Gasteiger partial charge in [0.05, 0.1) is 5.54 Å². The average molecular weight is 576 g/mol. The van der Waals surface area contributed by atoms with Gasteiger partial charge in [0, 0.05) is 59.5 Å². The topological polar surface area (TPSA) is 53.5 Å². The van der Waals surface area contributed by atoms with Crippen molar-refractivity contribution in [1.82, 2.24) is 20.2 Å². The van der Waals surface area contributed by atoms with Gasteiger partial charge in [0.2, 0.25) is 0 Å². The molecule has 41 heavy (non-hydrogen) atoms. The Morgan fingerprint density at radius 2 is 1.80 bits per heavy atom. The lowest BCUT2D eigenvalue weighted by Gasteiger charge is -2.34. The fraction of sp³-hybridized carbons (Fsp3) is 0.438. The van der Waals surface area contributed by atoms with Gasteiger partial charge in [-0.25, -0.2) is 8.78 Å². The Bertz CT molecular complexity index is 1650. The molecule has 4 atom stereocenters. The Balaban J connectivity index is 1.25. The highest BCUT2D eigenvalue weighted by Gasteiger charge is 2.49. The molecule has 9 heteroatoms. The molecule has 4 fully saturated rings. The SMILES string of the molecule is Fc1c(-c2cccc3cccc(Cl)c23)ccc2c(N3CC4CCC(C3)N4)nc(OC[C@@]34CCCN3C[C@H](F)C4)nc12. The zero-order valence-corrected chi connectivity index (χ0v) is 23.5. The Kier molecular flexibility index (Phi) is 6.09. The smallest absolute Gasteiger partial charge is 0.319 e. The lowest BCUT2D eigenvalue weighted by molar-refractivity contribution is 0.107. The average Bonchev–Trinajstić information content (AvgIpc) is 3.62. The molecule has 1 aromatic heterocycles. The molecule has 5 heterocycles. The molecule has 4 aliphatic heterocycles. The van der Waals surface area contributed by atoms with Crippen LogP contribution in [0.2, 0.25) is 5.02 Å². The lowest BCUT2D eigenvalue weighted by Crippen LogP contribution is -2.51. The molecule has 4 saturated heterocycles. The minimum Gasteiger partial charge on any atom is -0.461 e. The third kappa shape index (κ3) is 4.25. The van der Waals surface area contributed by atoms with E-state index in [-0.39, 0.29) is 17.1 Å². The molecule has 4 aromatic rings. The maximum Gasteiger partial charge on any atom is 0.319 e. The Morgan fingerprint density at radius 1 is 1.00 bits per heavy atom. The molecule has 8 rings (SSSR count). The number of benzene rings is 3. The summed E-state index contributed by atoms with van der Waals surface area (Å²) in [4.78, 5) is 14.0. The van der Waals surface area contributed by atoms with Gasteiger partial charge >= 0.3 is 6.01 Å². The predicted molar refractivity (Wildman–Crippen MR) is 158 cm³/mol. The Labute approximate surface area is 242 Å². The highest BCUT2D eigenvalue weighted by molar-refractivity contribution is 6.36. The van der Waals surface area contributed by atoms with Gasteiger partial charge in [0.25, 0.3) is 0 Å². The molecule has 2 unspecified atom stereocenters. The van der Waals surface area contributed by atoms with Crippen molar-refractivity contribution in [3.8, 4) is 17.1 Å². The summed E-state index contributed by atoms with van der Waals surface area (Å²) < 4.78 is 37.3. The summed E-state index contributed by atoms with van der Waals surface area (Å²) in [5.74, 6) is 0.271. The van der Waals surface area contributed by atoms with Gasteiger partial charge in [-0.15, -0.1) is 0 Å². The number of rotatable bonds is 5. The third-order valence-electron chi connectivity index (χ3n) is 9.66. The van der Waals surface area contributed by atoms with Gasteiger partial charge in [0.15, 0.2) is 5.82 Å². The molecular formula is C32H32ClF2N5O. The van der Waals surface area contributed by atoms with E-state index in [4.69, 9.17) is 21.3 Å². The molecular weight excluding hydrogens is 544 g/mol. The molecule has 0 radical (unpaired) electrons. The van der Waals surface area contributed by atoms with Crippen molar-refractivity contribution in [2.75, 3.05) is 37.7 Å². The molecule has 0 amide bonds. The predicted octanol–water partition coefficient (Wildman–Crippen LogP) is 6.14. The first-order valence-corrected chi connectivity index (χ1v) is 15.1. The zero-order valence-electron chi connectivity index (χ0n) is 22.8. The second kappa shape index (κ2) is 9.75. The number of nitrogens with one attached hydrogen (secondary N) is 1. The molecule has 0 aliphatic carbocycles. The standard InChI is InChI=1S/C32H32ClF2N5O/c33-26-7-2-5-19-4-1-6-23(27(19)26)24-10-11-25-29(28(24)35)37-31(38-30(25)39-16-21-8-9-22(17-39)36-21)41-18-32-12-3-13-40(32)15-20(34)14-32/h1-2,4-7,10-11,20-22,36H,3,8-9,12-18H2/t20-,21?,22?,32+/m1/s1. The van der Waals surface area contributed by atoms with Gasteiger partial charge in [-0.1, -0.05) is 48.0 Å². The van der Waals surface area contributed by atoms with E-state index in [1.54, 1.807) is 0 Å². The molecule has 3 aromatic carbocycles. The first-order chi connectivity index (χ1) is 20.0. The second-order valence-corrected chi connectivity index (χ2v) is 12.6. The van der Waals surface area contributed by atoms with E-state index in [9.17, 15) is 4.39 Å². The largest absolute Gasteiger partial charge is 0.461 e. The van der Waals surface area contributed by atoms with Crippen LogP contribution in [0, 0.1) is 5.82 Å². The number of aromatic nitrogens is 2. The van der Waals surface area contributed by atoms with Gasteiger partial charge in [-0.2, -0.15) is 9.97 Å². The van der Waals surface area contributed by atoms with Crippen LogP contribution < -0.4 is 15.0 Å². The first-order valence-electron chi connectivity index (χ1n) is 14.7. The van der Waals surface area contributed by atoms with Gasteiger partial charge in [0.1, 0.15) is 24.1 Å². The minimum absolute atomic E-state index is 0.147.